The van der Waals surface area contributed by atoms with E-state index in [9.17, 15) is 13.2 Å². The molecular formula is C23H32N4O3S2. The first-order chi connectivity index (χ1) is 15.4. The van der Waals surface area contributed by atoms with Crippen molar-refractivity contribution in [3.63, 3.8) is 0 Å². The van der Waals surface area contributed by atoms with Gasteiger partial charge in [-0.05, 0) is 55.3 Å². The Labute approximate surface area is 194 Å². The molecule has 2 heterocycles. The Bertz CT molecular complexity index is 1000. The molecule has 9 heteroatoms. The number of benzene rings is 1. The van der Waals surface area contributed by atoms with E-state index < -0.39 is 10.0 Å². The van der Waals surface area contributed by atoms with Crippen molar-refractivity contribution >= 4 is 38.8 Å². The summed E-state index contributed by atoms with van der Waals surface area (Å²) in [4.78, 5) is 15.4. The van der Waals surface area contributed by atoms with Crippen LogP contribution in [0.15, 0.2) is 46.0 Å². The second kappa shape index (κ2) is 10.2. The maximum absolute atomic E-state index is 13.5. The van der Waals surface area contributed by atoms with E-state index in [0.717, 1.165) is 44.2 Å². The summed E-state index contributed by atoms with van der Waals surface area (Å²) in [5.41, 5.74) is 7.45. The molecule has 1 aromatic heterocycles. The van der Waals surface area contributed by atoms with Crippen LogP contribution in [0.3, 0.4) is 0 Å². The van der Waals surface area contributed by atoms with Gasteiger partial charge in [-0.1, -0.05) is 37.8 Å². The Hall–Kier alpha value is -2.10. The maximum Gasteiger partial charge on any atom is 0.322 e. The summed E-state index contributed by atoms with van der Waals surface area (Å²) in [6.45, 7) is 0.773. The van der Waals surface area contributed by atoms with E-state index in [1.807, 2.05) is 29.2 Å². The summed E-state index contributed by atoms with van der Waals surface area (Å²) in [6, 6.07) is 10.6. The number of hydrogen-bond donors (Lipinski definition) is 2. The Morgan fingerprint density at radius 2 is 1.84 bits per heavy atom. The van der Waals surface area contributed by atoms with Crippen molar-refractivity contribution in [1.82, 2.24) is 9.62 Å². The third kappa shape index (κ3) is 5.27. The van der Waals surface area contributed by atoms with Gasteiger partial charge < -0.3 is 11.1 Å². The molecule has 1 aliphatic heterocycles. The molecule has 0 radical (unpaired) electrons. The average molecular weight is 477 g/mol. The Morgan fingerprint density at radius 1 is 1.06 bits per heavy atom. The number of carbonyl (C=O) groups is 1. The van der Waals surface area contributed by atoms with E-state index in [-0.39, 0.29) is 18.1 Å². The average Bonchev–Trinajstić information content (AvgIpc) is 3.20. The summed E-state index contributed by atoms with van der Waals surface area (Å²) in [6.07, 6.45) is 8.01. The predicted molar refractivity (Wildman–Crippen MR) is 129 cm³/mol. The number of urea groups is 1. The molecular weight excluding hydrogens is 444 g/mol. The lowest BCUT2D eigenvalue weighted by atomic mass is 10.1. The van der Waals surface area contributed by atoms with Crippen molar-refractivity contribution in [2.45, 2.75) is 67.7 Å². The minimum absolute atomic E-state index is 0.119. The molecule has 1 atom stereocenters. The van der Waals surface area contributed by atoms with Crippen LogP contribution >= 0.6 is 11.3 Å². The van der Waals surface area contributed by atoms with Gasteiger partial charge in [-0.3, -0.25) is 4.90 Å². The molecule has 1 aromatic carbocycles. The predicted octanol–water partition coefficient (Wildman–Crippen LogP) is 4.42. The zero-order valence-electron chi connectivity index (χ0n) is 18.3. The highest BCUT2D eigenvalue weighted by Gasteiger charge is 2.33. The number of sulfonamides is 1. The van der Waals surface area contributed by atoms with Crippen LogP contribution in [0, 0.1) is 0 Å². The summed E-state index contributed by atoms with van der Waals surface area (Å²) in [5.74, 6) is 0. The number of nitrogens with two attached hydrogens (primary N) is 1. The molecule has 1 saturated heterocycles. The lowest BCUT2D eigenvalue weighted by molar-refractivity contribution is 0.228. The number of anilines is 2. The third-order valence-electron chi connectivity index (χ3n) is 6.36. The zero-order valence-corrected chi connectivity index (χ0v) is 19.9. The van der Waals surface area contributed by atoms with E-state index in [2.05, 4.69) is 5.32 Å². The van der Waals surface area contributed by atoms with Gasteiger partial charge in [0.1, 0.15) is 4.21 Å². The molecule has 4 rings (SSSR count). The fraction of sp³-hybridized carbons (Fsp3) is 0.522. The molecule has 3 N–H and O–H groups in total. The normalized spacial score (nSPS) is 21.1. The molecule has 2 amide bonds. The number of nitrogen functional groups attached to an aromatic ring is 1. The van der Waals surface area contributed by atoms with E-state index in [1.165, 1.54) is 28.5 Å². The quantitative estimate of drug-likeness (QED) is 0.493. The van der Waals surface area contributed by atoms with Crippen molar-refractivity contribution < 1.29 is 13.2 Å². The van der Waals surface area contributed by atoms with Crippen molar-refractivity contribution in [2.24, 2.45) is 0 Å². The first-order valence-corrected chi connectivity index (χ1v) is 13.8. The van der Waals surface area contributed by atoms with Crippen LogP contribution in [-0.4, -0.2) is 43.9 Å². The first kappa shape index (κ1) is 23.1. The van der Waals surface area contributed by atoms with Crippen LogP contribution in [0.1, 0.15) is 51.4 Å². The third-order valence-corrected chi connectivity index (χ3v) is 9.60. The molecule has 2 aliphatic rings. The largest absolute Gasteiger partial charge is 0.399 e. The van der Waals surface area contributed by atoms with E-state index >= 15 is 0 Å². The molecule has 32 heavy (non-hydrogen) atoms. The van der Waals surface area contributed by atoms with E-state index in [0.29, 0.717) is 23.0 Å². The maximum atomic E-state index is 13.5. The monoisotopic (exact) mass is 476 g/mol. The van der Waals surface area contributed by atoms with Crippen molar-refractivity contribution in [2.75, 3.05) is 23.7 Å². The second-order valence-electron chi connectivity index (χ2n) is 8.69. The summed E-state index contributed by atoms with van der Waals surface area (Å²) in [7, 11) is -3.52. The molecule has 174 valence electrons. The van der Waals surface area contributed by atoms with Crippen LogP contribution in [0.25, 0.3) is 0 Å². The highest BCUT2D eigenvalue weighted by atomic mass is 32.2. The summed E-state index contributed by atoms with van der Waals surface area (Å²) >= 11 is 1.23. The van der Waals surface area contributed by atoms with Gasteiger partial charge >= 0.3 is 6.03 Å². The molecule has 7 nitrogen and oxygen atoms in total. The lowest BCUT2D eigenvalue weighted by Crippen LogP contribution is -2.54. The van der Waals surface area contributed by atoms with Crippen LogP contribution < -0.4 is 16.0 Å². The zero-order chi connectivity index (χ0) is 22.6. The van der Waals surface area contributed by atoms with Gasteiger partial charge in [0.05, 0.1) is 0 Å². The molecule has 1 saturated carbocycles. The first-order valence-electron chi connectivity index (χ1n) is 11.4. The van der Waals surface area contributed by atoms with Gasteiger partial charge in [0, 0.05) is 36.5 Å². The smallest absolute Gasteiger partial charge is 0.322 e. The summed E-state index contributed by atoms with van der Waals surface area (Å²) in [5, 5.41) is 4.92. The van der Waals surface area contributed by atoms with Crippen LogP contribution in [0.4, 0.5) is 16.2 Å². The van der Waals surface area contributed by atoms with Crippen LogP contribution in [0.5, 0.6) is 0 Å². The number of rotatable bonds is 5. The minimum atomic E-state index is -3.52. The fourth-order valence-corrected chi connectivity index (χ4v) is 7.41. The van der Waals surface area contributed by atoms with Gasteiger partial charge in [-0.15, -0.1) is 11.3 Å². The molecule has 0 bridgehead atoms. The molecule has 1 aliphatic carbocycles. The number of nitrogens with zero attached hydrogens (tertiary/aromatic N) is 2. The number of piperidine rings is 1. The second-order valence-corrected chi connectivity index (χ2v) is 11.8. The Morgan fingerprint density at radius 3 is 2.53 bits per heavy atom. The molecule has 0 spiro atoms. The van der Waals surface area contributed by atoms with Gasteiger partial charge in [-0.25, -0.2) is 13.2 Å². The lowest BCUT2D eigenvalue weighted by Gasteiger charge is -2.36. The standard InChI is InChI=1S/C23H32N4O3S2/c24-18-8-5-12-21(16-18)27(20-10-3-1-2-4-11-20)23(28)25-19-9-6-14-26(17-19)32(29,30)22-13-7-15-31-22/h5,7-8,12-13,15-16,19-20H,1-4,6,9-11,14,17,24H2,(H,25,28). The van der Waals surface area contributed by atoms with Gasteiger partial charge in [0.2, 0.25) is 0 Å². The number of amides is 2. The highest BCUT2D eigenvalue weighted by Crippen LogP contribution is 2.29. The summed E-state index contributed by atoms with van der Waals surface area (Å²) < 4.78 is 27.8. The fourth-order valence-electron chi connectivity index (χ4n) is 4.74. The minimum Gasteiger partial charge on any atom is -0.399 e. The number of carbonyl (C=O) groups excluding carboxylic acids is 1. The van der Waals surface area contributed by atoms with E-state index in [4.69, 9.17) is 5.73 Å². The molecule has 2 aromatic rings. The van der Waals surface area contributed by atoms with E-state index in [1.54, 1.807) is 17.5 Å². The van der Waals surface area contributed by atoms with Gasteiger partial charge in [0.15, 0.2) is 0 Å². The number of thiophene rings is 1. The topological polar surface area (TPSA) is 95.7 Å². The number of hydrogen-bond acceptors (Lipinski definition) is 5. The highest BCUT2D eigenvalue weighted by molar-refractivity contribution is 7.91. The Balaban J connectivity index is 1.51. The van der Waals surface area contributed by atoms with Crippen LogP contribution in [0.2, 0.25) is 0 Å². The van der Waals surface area contributed by atoms with Crippen molar-refractivity contribution in [1.29, 1.82) is 0 Å². The van der Waals surface area contributed by atoms with Gasteiger partial charge in [0.25, 0.3) is 10.0 Å². The Kier molecular flexibility index (Phi) is 7.37. The van der Waals surface area contributed by atoms with Crippen molar-refractivity contribution in [3.8, 4) is 0 Å². The van der Waals surface area contributed by atoms with Crippen molar-refractivity contribution in [3.05, 3.63) is 41.8 Å². The SMILES string of the molecule is Nc1cccc(N(C(=O)NC2CCCN(S(=O)(=O)c3cccs3)C2)C2CCCCCC2)c1. The van der Waals surface area contributed by atoms with Gasteiger partial charge in [-0.2, -0.15) is 4.31 Å². The number of nitrogens with one attached hydrogen (secondary N) is 1. The molecule has 1 unspecified atom stereocenters. The van der Waals surface area contributed by atoms with Crippen LogP contribution in [-0.2, 0) is 10.0 Å². The molecule has 2 fully saturated rings.